The van der Waals surface area contributed by atoms with Crippen LogP contribution in [0.1, 0.15) is 49.9 Å². The van der Waals surface area contributed by atoms with Crippen molar-refractivity contribution < 1.29 is 9.59 Å². The Morgan fingerprint density at radius 1 is 1.06 bits per heavy atom. The standard InChI is InChI=1S/C27H37N5O2/c1-3-30(4-2)20-21-12-9-10-18-31(21)19-11-17-28-27(34)32-24-15-7-5-13-22(24)26(33)29-23-14-6-8-16-25(23)32/h5-8,13-16,21H,3-4,9-12,17-20H2,1-2H3,(H,28,34)(H,29,33). The van der Waals surface area contributed by atoms with E-state index in [1.54, 1.807) is 11.0 Å². The molecule has 0 spiro atoms. The molecule has 4 rings (SSSR count). The number of likely N-dealkylation sites (tertiary alicyclic amines) is 1. The van der Waals surface area contributed by atoms with Crippen LogP contribution in [-0.2, 0) is 0 Å². The maximum Gasteiger partial charge on any atom is 0.326 e. The first-order valence-electron chi connectivity index (χ1n) is 12.7. The van der Waals surface area contributed by atoms with E-state index in [0.717, 1.165) is 39.1 Å². The first-order chi connectivity index (χ1) is 16.6. The number of anilines is 3. The molecule has 34 heavy (non-hydrogen) atoms. The number of likely N-dealkylation sites (N-methyl/N-ethyl adjacent to an activating group) is 1. The number of hydrogen-bond donors (Lipinski definition) is 2. The molecular weight excluding hydrogens is 426 g/mol. The van der Waals surface area contributed by atoms with Gasteiger partial charge in [-0.05, 0) is 63.2 Å². The molecule has 1 unspecified atom stereocenters. The Kier molecular flexibility index (Phi) is 8.19. The van der Waals surface area contributed by atoms with Crippen molar-refractivity contribution in [1.82, 2.24) is 15.1 Å². The summed E-state index contributed by atoms with van der Waals surface area (Å²) in [6.45, 7) is 10.5. The third kappa shape index (κ3) is 5.42. The molecule has 182 valence electrons. The second-order valence-corrected chi connectivity index (χ2v) is 9.08. The zero-order chi connectivity index (χ0) is 23.9. The van der Waals surface area contributed by atoms with Gasteiger partial charge in [0.05, 0.1) is 22.6 Å². The number of piperidine rings is 1. The Balaban J connectivity index is 1.40. The highest BCUT2D eigenvalue weighted by Crippen LogP contribution is 2.37. The number of amides is 3. The van der Waals surface area contributed by atoms with Crippen molar-refractivity contribution in [3.63, 3.8) is 0 Å². The van der Waals surface area contributed by atoms with Gasteiger partial charge >= 0.3 is 6.03 Å². The summed E-state index contributed by atoms with van der Waals surface area (Å²) in [7, 11) is 0. The lowest BCUT2D eigenvalue weighted by Crippen LogP contribution is -2.47. The highest BCUT2D eigenvalue weighted by Gasteiger charge is 2.29. The number of fused-ring (bicyclic) bond motifs is 2. The molecule has 0 aromatic heterocycles. The van der Waals surface area contributed by atoms with Gasteiger partial charge in [-0.3, -0.25) is 14.6 Å². The average molecular weight is 464 g/mol. The third-order valence-electron chi connectivity index (χ3n) is 7.00. The number of nitrogens with one attached hydrogen (secondary N) is 2. The minimum Gasteiger partial charge on any atom is -0.337 e. The van der Waals surface area contributed by atoms with Gasteiger partial charge in [0.2, 0.25) is 0 Å². The van der Waals surface area contributed by atoms with Gasteiger partial charge < -0.3 is 15.5 Å². The molecule has 2 aromatic carbocycles. The van der Waals surface area contributed by atoms with E-state index < -0.39 is 0 Å². The smallest absolute Gasteiger partial charge is 0.326 e. The Morgan fingerprint density at radius 2 is 1.79 bits per heavy atom. The molecule has 0 aliphatic carbocycles. The quantitative estimate of drug-likeness (QED) is 0.558. The van der Waals surface area contributed by atoms with Gasteiger partial charge in [-0.15, -0.1) is 0 Å². The topological polar surface area (TPSA) is 67.9 Å². The van der Waals surface area contributed by atoms with Gasteiger partial charge in [0, 0.05) is 25.7 Å². The van der Waals surface area contributed by atoms with Gasteiger partial charge in [0.15, 0.2) is 0 Å². The maximum atomic E-state index is 13.4. The van der Waals surface area contributed by atoms with Crippen LogP contribution in [0.15, 0.2) is 48.5 Å². The number of nitrogens with zero attached hydrogens (tertiary/aromatic N) is 3. The summed E-state index contributed by atoms with van der Waals surface area (Å²) >= 11 is 0. The van der Waals surface area contributed by atoms with Crippen molar-refractivity contribution >= 4 is 29.0 Å². The molecular formula is C27H37N5O2. The van der Waals surface area contributed by atoms with Crippen LogP contribution in [0.2, 0.25) is 0 Å². The first-order valence-corrected chi connectivity index (χ1v) is 12.7. The zero-order valence-corrected chi connectivity index (χ0v) is 20.4. The molecule has 2 aliphatic rings. The lowest BCUT2D eigenvalue weighted by molar-refractivity contribution is 0.102. The van der Waals surface area contributed by atoms with Crippen molar-refractivity contribution in [3.05, 3.63) is 54.1 Å². The van der Waals surface area contributed by atoms with Crippen LogP contribution in [-0.4, -0.2) is 67.0 Å². The molecule has 1 atom stereocenters. The van der Waals surface area contributed by atoms with Crippen LogP contribution in [0, 0.1) is 0 Å². The highest BCUT2D eigenvalue weighted by molar-refractivity contribution is 6.17. The fraction of sp³-hybridized carbons (Fsp3) is 0.481. The monoisotopic (exact) mass is 463 g/mol. The van der Waals surface area contributed by atoms with Gasteiger partial charge in [0.1, 0.15) is 0 Å². The van der Waals surface area contributed by atoms with E-state index in [1.807, 2.05) is 42.5 Å². The average Bonchev–Trinajstić information content (AvgIpc) is 2.99. The van der Waals surface area contributed by atoms with E-state index in [-0.39, 0.29) is 11.9 Å². The molecule has 0 bridgehead atoms. The SMILES string of the molecule is CCN(CC)CC1CCCCN1CCCNC(=O)N1c2ccccc2NC(=O)c2ccccc21. The summed E-state index contributed by atoms with van der Waals surface area (Å²) < 4.78 is 0. The number of hydrogen-bond acceptors (Lipinski definition) is 4. The van der Waals surface area contributed by atoms with Gasteiger partial charge in [-0.1, -0.05) is 44.5 Å². The second kappa shape index (κ2) is 11.5. The molecule has 2 heterocycles. The molecule has 2 aliphatic heterocycles. The van der Waals surface area contributed by atoms with Gasteiger partial charge in [-0.25, -0.2) is 4.79 Å². The molecule has 7 heteroatoms. The number of carbonyl (C=O) groups is 2. The molecule has 7 nitrogen and oxygen atoms in total. The first kappa shape index (κ1) is 24.2. The van der Waals surface area contributed by atoms with E-state index in [1.165, 1.54) is 19.3 Å². The summed E-state index contributed by atoms with van der Waals surface area (Å²) in [6, 6.07) is 15.1. The Morgan fingerprint density at radius 3 is 2.59 bits per heavy atom. The molecule has 2 aromatic rings. The third-order valence-corrected chi connectivity index (χ3v) is 7.00. The highest BCUT2D eigenvalue weighted by atomic mass is 16.2. The lowest BCUT2D eigenvalue weighted by atomic mass is 10.0. The molecule has 1 fully saturated rings. The Labute approximate surface area is 203 Å². The maximum absolute atomic E-state index is 13.4. The van der Waals surface area contributed by atoms with E-state index in [4.69, 9.17) is 0 Å². The van der Waals surface area contributed by atoms with Crippen LogP contribution in [0.3, 0.4) is 0 Å². The van der Waals surface area contributed by atoms with Crippen molar-refractivity contribution in [1.29, 1.82) is 0 Å². The zero-order valence-electron chi connectivity index (χ0n) is 20.4. The fourth-order valence-electron chi connectivity index (χ4n) is 5.07. The lowest BCUT2D eigenvalue weighted by Gasteiger charge is -2.38. The number of para-hydroxylation sites is 3. The van der Waals surface area contributed by atoms with Crippen LogP contribution >= 0.6 is 0 Å². The Hall–Kier alpha value is -2.90. The van der Waals surface area contributed by atoms with E-state index in [0.29, 0.717) is 35.2 Å². The van der Waals surface area contributed by atoms with Crippen LogP contribution < -0.4 is 15.5 Å². The number of benzene rings is 2. The van der Waals surface area contributed by atoms with Gasteiger partial charge in [0.25, 0.3) is 5.91 Å². The number of urea groups is 1. The number of rotatable bonds is 8. The van der Waals surface area contributed by atoms with E-state index in [2.05, 4.69) is 34.3 Å². The molecule has 1 saturated heterocycles. The predicted molar refractivity (Wildman–Crippen MR) is 138 cm³/mol. The number of carbonyl (C=O) groups excluding carboxylic acids is 2. The second-order valence-electron chi connectivity index (χ2n) is 9.08. The van der Waals surface area contributed by atoms with Crippen molar-refractivity contribution in [2.75, 3.05) is 49.5 Å². The van der Waals surface area contributed by atoms with Gasteiger partial charge in [-0.2, -0.15) is 0 Å². The minimum atomic E-state index is -0.213. The summed E-state index contributed by atoms with van der Waals surface area (Å²) in [5.41, 5.74) is 2.39. The molecule has 0 radical (unpaired) electrons. The minimum absolute atomic E-state index is 0.206. The van der Waals surface area contributed by atoms with Crippen LogP contribution in [0.5, 0.6) is 0 Å². The molecule has 2 N–H and O–H groups in total. The van der Waals surface area contributed by atoms with E-state index >= 15 is 0 Å². The summed E-state index contributed by atoms with van der Waals surface area (Å²) in [5.74, 6) is -0.206. The van der Waals surface area contributed by atoms with Crippen LogP contribution in [0.4, 0.5) is 21.9 Å². The fourth-order valence-corrected chi connectivity index (χ4v) is 5.07. The van der Waals surface area contributed by atoms with Crippen molar-refractivity contribution in [2.45, 2.75) is 45.6 Å². The van der Waals surface area contributed by atoms with E-state index in [9.17, 15) is 9.59 Å². The van der Waals surface area contributed by atoms with Crippen LogP contribution in [0.25, 0.3) is 0 Å². The van der Waals surface area contributed by atoms with Crippen molar-refractivity contribution in [2.24, 2.45) is 0 Å². The summed E-state index contributed by atoms with van der Waals surface area (Å²) in [4.78, 5) is 32.9. The molecule has 3 amide bonds. The largest absolute Gasteiger partial charge is 0.337 e. The predicted octanol–water partition coefficient (Wildman–Crippen LogP) is 4.69. The normalized spacial score (nSPS) is 18.1. The Bertz CT molecular complexity index is 990. The summed E-state index contributed by atoms with van der Waals surface area (Å²) in [5, 5.41) is 6.04. The van der Waals surface area contributed by atoms with Crippen molar-refractivity contribution in [3.8, 4) is 0 Å². The molecule has 0 saturated carbocycles. The summed E-state index contributed by atoms with van der Waals surface area (Å²) in [6.07, 6.45) is 4.71.